The number of halogens is 3. The summed E-state index contributed by atoms with van der Waals surface area (Å²) in [6.45, 7) is 7.04. The molecule has 0 aliphatic carbocycles. The predicted molar refractivity (Wildman–Crippen MR) is 121 cm³/mol. The van der Waals surface area contributed by atoms with Gasteiger partial charge in [0.05, 0.1) is 19.1 Å². The van der Waals surface area contributed by atoms with Gasteiger partial charge in [-0.25, -0.2) is 0 Å². The number of methoxy groups -OCH3 is 1. The average Bonchev–Trinajstić information content (AvgIpc) is 3.26. The van der Waals surface area contributed by atoms with E-state index in [0.717, 1.165) is 37.5 Å². The summed E-state index contributed by atoms with van der Waals surface area (Å²) in [5, 5.41) is 0. The number of hydrogen-bond acceptors (Lipinski definition) is 3. The molecule has 32 heavy (non-hydrogen) atoms. The number of likely N-dealkylation sites (N-methyl/N-ethyl adjacent to an activating group) is 1. The molecule has 4 nitrogen and oxygen atoms in total. The molecule has 1 heterocycles. The number of aryl methyl sites for hydroxylation is 1. The Balaban J connectivity index is 0.000000336. The van der Waals surface area contributed by atoms with Gasteiger partial charge in [-0.05, 0) is 75.2 Å². The highest BCUT2D eigenvalue weighted by molar-refractivity contribution is 5.78. The third-order valence-corrected chi connectivity index (χ3v) is 5.64. The van der Waals surface area contributed by atoms with E-state index in [4.69, 9.17) is 4.74 Å². The van der Waals surface area contributed by atoms with Gasteiger partial charge in [-0.3, -0.25) is 4.79 Å². The molecule has 1 saturated heterocycles. The molecule has 1 aliphatic heterocycles. The van der Waals surface area contributed by atoms with Crippen molar-refractivity contribution in [2.24, 2.45) is 0 Å². The molecule has 1 unspecified atom stereocenters. The topological polar surface area (TPSA) is 32.8 Å². The lowest BCUT2D eigenvalue weighted by Gasteiger charge is -2.29. The summed E-state index contributed by atoms with van der Waals surface area (Å²) in [7, 11) is 3.43. The van der Waals surface area contributed by atoms with Crippen LogP contribution in [0.5, 0.6) is 5.75 Å². The van der Waals surface area contributed by atoms with Crippen molar-refractivity contribution >= 4 is 5.91 Å². The Morgan fingerprint density at radius 3 is 2.25 bits per heavy atom. The second kappa shape index (κ2) is 11.9. The van der Waals surface area contributed by atoms with Crippen molar-refractivity contribution in [3.63, 3.8) is 0 Å². The maximum atomic E-state index is 12.5. The number of likely N-dealkylation sites (tertiary alicyclic amines) is 1. The Hall–Kier alpha value is -2.54. The van der Waals surface area contributed by atoms with E-state index in [0.29, 0.717) is 5.56 Å². The zero-order chi connectivity index (χ0) is 23.7. The molecule has 2 aromatic carbocycles. The van der Waals surface area contributed by atoms with E-state index in [1.54, 1.807) is 19.1 Å². The molecule has 0 bridgehead atoms. The molecular weight excluding hydrogens is 417 g/mol. The van der Waals surface area contributed by atoms with Crippen LogP contribution in [0.4, 0.5) is 13.2 Å². The van der Waals surface area contributed by atoms with E-state index in [1.165, 1.54) is 30.5 Å². The summed E-state index contributed by atoms with van der Waals surface area (Å²) in [5.41, 5.74) is 1.14. The van der Waals surface area contributed by atoms with Gasteiger partial charge in [0.2, 0.25) is 5.91 Å². The maximum absolute atomic E-state index is 12.5. The van der Waals surface area contributed by atoms with Crippen LogP contribution in [-0.4, -0.2) is 55.5 Å². The number of carbonyl (C=O) groups excluding carboxylic acids is 1. The quantitative estimate of drug-likeness (QED) is 0.607. The van der Waals surface area contributed by atoms with Gasteiger partial charge in [-0.1, -0.05) is 24.3 Å². The number of ether oxygens (including phenoxy) is 1. The van der Waals surface area contributed by atoms with Crippen LogP contribution in [0.1, 0.15) is 36.5 Å². The maximum Gasteiger partial charge on any atom is 0.416 e. The summed E-state index contributed by atoms with van der Waals surface area (Å²) in [6.07, 6.45) is -1.81. The number of nitrogens with zero attached hydrogens (tertiary/aromatic N) is 2. The number of benzene rings is 2. The molecule has 1 amide bonds. The molecule has 1 aliphatic rings. The van der Waals surface area contributed by atoms with E-state index < -0.39 is 11.7 Å². The second-order valence-corrected chi connectivity index (χ2v) is 8.25. The van der Waals surface area contributed by atoms with Crippen molar-refractivity contribution in [2.75, 3.05) is 33.8 Å². The standard InChI is InChI=1S/C17H23F3N2O.C8H10O/c1-13(12-22-9-3-4-10-22)21(2)16(23)11-14-5-7-15(8-6-14)17(18,19)20;1-7-4-3-5-8(6-7)9-2/h5-8,13H,3-4,9-12H2,1-2H3;3-6H,1-2H3. The van der Waals surface area contributed by atoms with E-state index in [2.05, 4.69) is 4.90 Å². The first kappa shape index (κ1) is 25.7. The molecule has 0 aromatic heterocycles. The van der Waals surface area contributed by atoms with Crippen molar-refractivity contribution in [1.29, 1.82) is 0 Å². The Morgan fingerprint density at radius 1 is 1.12 bits per heavy atom. The molecule has 0 N–H and O–H groups in total. The molecule has 176 valence electrons. The summed E-state index contributed by atoms with van der Waals surface area (Å²) in [4.78, 5) is 16.3. The minimum absolute atomic E-state index is 0.0727. The van der Waals surface area contributed by atoms with Crippen molar-refractivity contribution in [3.05, 3.63) is 65.2 Å². The van der Waals surface area contributed by atoms with Gasteiger partial charge in [-0.2, -0.15) is 13.2 Å². The number of hydrogen-bond donors (Lipinski definition) is 0. The van der Waals surface area contributed by atoms with Gasteiger partial charge in [0.25, 0.3) is 0 Å². The van der Waals surface area contributed by atoms with E-state index in [9.17, 15) is 18.0 Å². The zero-order valence-corrected chi connectivity index (χ0v) is 19.3. The van der Waals surface area contributed by atoms with Gasteiger partial charge in [0.15, 0.2) is 0 Å². The minimum Gasteiger partial charge on any atom is -0.497 e. The van der Waals surface area contributed by atoms with Crippen LogP contribution in [0.2, 0.25) is 0 Å². The smallest absolute Gasteiger partial charge is 0.416 e. The van der Waals surface area contributed by atoms with Crippen LogP contribution in [0, 0.1) is 6.92 Å². The summed E-state index contributed by atoms with van der Waals surface area (Å²) >= 11 is 0. The molecule has 0 radical (unpaired) electrons. The fourth-order valence-corrected chi connectivity index (χ4v) is 3.56. The van der Waals surface area contributed by atoms with Crippen LogP contribution >= 0.6 is 0 Å². The molecule has 3 rings (SSSR count). The Kier molecular flexibility index (Phi) is 9.57. The van der Waals surface area contributed by atoms with Crippen molar-refractivity contribution in [2.45, 2.75) is 45.3 Å². The van der Waals surface area contributed by atoms with Crippen LogP contribution in [-0.2, 0) is 17.4 Å². The normalized spacial score (nSPS) is 15.0. The predicted octanol–water partition coefficient (Wildman–Crippen LogP) is 5.19. The van der Waals surface area contributed by atoms with Crippen LogP contribution in [0.25, 0.3) is 0 Å². The molecule has 0 saturated carbocycles. The molecule has 1 fully saturated rings. The van der Waals surface area contributed by atoms with Gasteiger partial charge >= 0.3 is 6.18 Å². The van der Waals surface area contributed by atoms with E-state index in [1.807, 2.05) is 38.1 Å². The van der Waals surface area contributed by atoms with E-state index in [-0.39, 0.29) is 18.4 Å². The first-order valence-electron chi connectivity index (χ1n) is 10.8. The number of rotatable bonds is 6. The zero-order valence-electron chi connectivity index (χ0n) is 19.3. The third kappa shape index (κ3) is 8.19. The summed E-state index contributed by atoms with van der Waals surface area (Å²) in [6, 6.07) is 12.9. The molecule has 7 heteroatoms. The lowest BCUT2D eigenvalue weighted by Crippen LogP contribution is -2.43. The Morgan fingerprint density at radius 2 is 1.75 bits per heavy atom. The van der Waals surface area contributed by atoms with Gasteiger partial charge in [-0.15, -0.1) is 0 Å². The minimum atomic E-state index is -4.34. The van der Waals surface area contributed by atoms with Crippen molar-refractivity contribution < 1.29 is 22.7 Å². The van der Waals surface area contributed by atoms with Gasteiger partial charge < -0.3 is 14.5 Å². The molecule has 0 spiro atoms. The SMILES string of the molecule is CC(CN1CCCC1)N(C)C(=O)Cc1ccc(C(F)(F)F)cc1.COc1cccc(C)c1. The molecule has 2 aromatic rings. The Labute approximate surface area is 189 Å². The fourth-order valence-electron chi connectivity index (χ4n) is 3.56. The lowest BCUT2D eigenvalue weighted by atomic mass is 10.1. The van der Waals surface area contributed by atoms with Gasteiger partial charge in [0.1, 0.15) is 5.75 Å². The van der Waals surface area contributed by atoms with E-state index >= 15 is 0 Å². The monoisotopic (exact) mass is 450 g/mol. The summed E-state index contributed by atoms with van der Waals surface area (Å²) < 4.78 is 42.6. The lowest BCUT2D eigenvalue weighted by molar-refractivity contribution is -0.137. The second-order valence-electron chi connectivity index (χ2n) is 8.25. The first-order valence-corrected chi connectivity index (χ1v) is 10.8. The van der Waals surface area contributed by atoms with Gasteiger partial charge in [0, 0.05) is 19.6 Å². The number of alkyl halides is 3. The largest absolute Gasteiger partial charge is 0.497 e. The van der Waals surface area contributed by atoms with Crippen LogP contribution in [0.3, 0.4) is 0 Å². The van der Waals surface area contributed by atoms with Crippen molar-refractivity contribution in [1.82, 2.24) is 9.80 Å². The molecule has 1 atom stereocenters. The first-order chi connectivity index (χ1) is 15.1. The highest BCUT2D eigenvalue weighted by Gasteiger charge is 2.30. The highest BCUT2D eigenvalue weighted by Crippen LogP contribution is 2.29. The van der Waals surface area contributed by atoms with Crippen molar-refractivity contribution in [3.8, 4) is 5.75 Å². The third-order valence-electron chi connectivity index (χ3n) is 5.64. The number of amides is 1. The fraction of sp³-hybridized carbons (Fsp3) is 0.480. The Bertz CT molecular complexity index is 847. The number of carbonyl (C=O) groups is 1. The van der Waals surface area contributed by atoms with Crippen LogP contribution in [0.15, 0.2) is 48.5 Å². The van der Waals surface area contributed by atoms with Crippen LogP contribution < -0.4 is 4.74 Å². The summed E-state index contributed by atoms with van der Waals surface area (Å²) in [5.74, 6) is 0.853. The average molecular weight is 451 g/mol. The molecular formula is C25H33F3N2O2. The highest BCUT2D eigenvalue weighted by atomic mass is 19.4.